The molecule has 0 fully saturated rings. The van der Waals surface area contributed by atoms with Crippen LogP contribution in [-0.2, 0) is 21.7 Å². The number of fused-ring (bicyclic) bond motifs is 2. The molecular formula is C44H55O6P. The molecule has 2 heterocycles. The van der Waals surface area contributed by atoms with Crippen LogP contribution in [0.4, 0.5) is 0 Å². The van der Waals surface area contributed by atoms with Crippen LogP contribution in [-0.4, -0.2) is 27.8 Å². The molecule has 7 heteroatoms. The predicted molar refractivity (Wildman–Crippen MR) is 211 cm³/mol. The molecule has 0 spiro atoms. The molecule has 2 aliphatic heterocycles. The van der Waals surface area contributed by atoms with Gasteiger partial charge in [0.2, 0.25) is 13.6 Å². The molecule has 0 amide bonds. The Morgan fingerprint density at radius 2 is 0.922 bits per heavy atom. The molecule has 0 bridgehead atoms. The number of para-hydroxylation sites is 1. The highest BCUT2D eigenvalue weighted by atomic mass is 31.1. The van der Waals surface area contributed by atoms with E-state index < -0.39 is 7.92 Å². The van der Waals surface area contributed by atoms with E-state index in [4.69, 9.17) is 28.4 Å². The lowest BCUT2D eigenvalue weighted by molar-refractivity contribution is 0.173. The molecule has 0 N–H and O–H groups in total. The lowest BCUT2D eigenvalue weighted by Crippen LogP contribution is -2.29. The zero-order valence-corrected chi connectivity index (χ0v) is 33.9. The minimum Gasteiger partial charge on any atom is -0.496 e. The van der Waals surface area contributed by atoms with Gasteiger partial charge in [0, 0.05) is 33.4 Å². The first kappa shape index (κ1) is 36.9. The van der Waals surface area contributed by atoms with Gasteiger partial charge in [-0.2, -0.15) is 0 Å². The summed E-state index contributed by atoms with van der Waals surface area (Å²) >= 11 is 0. The zero-order valence-electron chi connectivity index (χ0n) is 33.0. The average molecular weight is 711 g/mol. The SMILES string of the molecule is COc1c(C(C)(C)C)cc(P(c2cc(C(C)(C)C)c(OC)c(C(C)(C)C)c2)c2ccc3c(c2-c2cccc4c2OCO4)OCO3)cc1C(C)(C)C. The summed E-state index contributed by atoms with van der Waals surface area (Å²) in [5.74, 6) is 4.80. The van der Waals surface area contributed by atoms with Crippen LogP contribution in [0.2, 0.25) is 0 Å². The smallest absolute Gasteiger partial charge is 0.231 e. The maximum Gasteiger partial charge on any atom is 0.231 e. The van der Waals surface area contributed by atoms with Crippen LogP contribution < -0.4 is 44.3 Å². The molecule has 4 aromatic carbocycles. The molecule has 2 aliphatic rings. The minimum atomic E-state index is -1.23. The number of hydrogen-bond donors (Lipinski definition) is 0. The van der Waals surface area contributed by atoms with E-state index in [1.807, 2.05) is 12.1 Å². The van der Waals surface area contributed by atoms with E-state index in [1.165, 1.54) is 32.9 Å². The highest BCUT2D eigenvalue weighted by Crippen LogP contribution is 2.53. The largest absolute Gasteiger partial charge is 0.496 e. The molecule has 4 aromatic rings. The van der Waals surface area contributed by atoms with Gasteiger partial charge in [0.25, 0.3) is 0 Å². The van der Waals surface area contributed by atoms with Gasteiger partial charge >= 0.3 is 0 Å². The monoisotopic (exact) mass is 710 g/mol. The Morgan fingerprint density at radius 1 is 0.510 bits per heavy atom. The maximum absolute atomic E-state index is 6.34. The third kappa shape index (κ3) is 6.77. The van der Waals surface area contributed by atoms with E-state index in [0.717, 1.165) is 50.9 Å². The third-order valence-electron chi connectivity index (χ3n) is 9.73. The van der Waals surface area contributed by atoms with Crippen molar-refractivity contribution in [1.82, 2.24) is 0 Å². The molecule has 6 nitrogen and oxygen atoms in total. The molecule has 51 heavy (non-hydrogen) atoms. The van der Waals surface area contributed by atoms with Crippen molar-refractivity contribution >= 4 is 23.8 Å². The second-order valence-electron chi connectivity index (χ2n) is 17.7. The van der Waals surface area contributed by atoms with Crippen molar-refractivity contribution in [2.45, 2.75) is 105 Å². The number of benzene rings is 4. The van der Waals surface area contributed by atoms with Gasteiger partial charge in [-0.05, 0) is 88.0 Å². The first-order valence-electron chi connectivity index (χ1n) is 17.8. The summed E-state index contributed by atoms with van der Waals surface area (Å²) < 4.78 is 36.9. The van der Waals surface area contributed by atoms with Crippen LogP contribution in [0.3, 0.4) is 0 Å². The Hall–Kier alpha value is -3.89. The summed E-state index contributed by atoms with van der Waals surface area (Å²) in [7, 11) is 2.36. The topological polar surface area (TPSA) is 55.4 Å². The molecule has 0 atom stereocenters. The van der Waals surface area contributed by atoms with Gasteiger partial charge in [-0.1, -0.05) is 95.2 Å². The van der Waals surface area contributed by atoms with Gasteiger partial charge in [0.1, 0.15) is 11.5 Å². The van der Waals surface area contributed by atoms with Crippen molar-refractivity contribution in [2.24, 2.45) is 0 Å². The molecule has 0 saturated carbocycles. The van der Waals surface area contributed by atoms with Gasteiger partial charge in [-0.15, -0.1) is 0 Å². The van der Waals surface area contributed by atoms with Crippen LogP contribution in [0.15, 0.2) is 54.6 Å². The van der Waals surface area contributed by atoms with Gasteiger partial charge in [0.05, 0.1) is 14.2 Å². The van der Waals surface area contributed by atoms with E-state index in [-0.39, 0.29) is 35.2 Å². The molecule has 272 valence electrons. The van der Waals surface area contributed by atoms with Crippen molar-refractivity contribution in [3.63, 3.8) is 0 Å². The van der Waals surface area contributed by atoms with Gasteiger partial charge in [-0.3, -0.25) is 0 Å². The molecule has 0 saturated heterocycles. The predicted octanol–water partition coefficient (Wildman–Crippen LogP) is 9.78. The molecule has 0 radical (unpaired) electrons. The third-order valence-corrected chi connectivity index (χ3v) is 12.1. The Bertz CT molecular complexity index is 1810. The summed E-state index contributed by atoms with van der Waals surface area (Å²) in [6.07, 6.45) is 0. The number of ether oxygens (including phenoxy) is 6. The van der Waals surface area contributed by atoms with Crippen LogP contribution in [0.1, 0.15) is 105 Å². The van der Waals surface area contributed by atoms with Crippen LogP contribution in [0.25, 0.3) is 11.1 Å². The molecule has 6 rings (SSSR count). The first-order valence-corrected chi connectivity index (χ1v) is 19.2. The number of rotatable bonds is 6. The Kier molecular flexibility index (Phi) is 9.37. The number of hydrogen-bond acceptors (Lipinski definition) is 6. The van der Waals surface area contributed by atoms with Crippen molar-refractivity contribution in [1.29, 1.82) is 0 Å². The minimum absolute atomic E-state index is 0.159. The van der Waals surface area contributed by atoms with Gasteiger partial charge < -0.3 is 28.4 Å². The first-order chi connectivity index (χ1) is 23.8. The van der Waals surface area contributed by atoms with Crippen molar-refractivity contribution in [3.05, 3.63) is 76.9 Å². The van der Waals surface area contributed by atoms with E-state index in [1.54, 1.807) is 14.2 Å². The fourth-order valence-corrected chi connectivity index (χ4v) is 9.67. The summed E-state index contributed by atoms with van der Waals surface area (Å²) in [5.41, 5.74) is 5.89. The van der Waals surface area contributed by atoms with Crippen molar-refractivity contribution in [2.75, 3.05) is 27.8 Å². The van der Waals surface area contributed by atoms with Gasteiger partial charge in [-0.25, -0.2) is 0 Å². The zero-order chi connectivity index (χ0) is 37.3. The Morgan fingerprint density at radius 3 is 1.33 bits per heavy atom. The lowest BCUT2D eigenvalue weighted by atomic mass is 9.79. The van der Waals surface area contributed by atoms with E-state index in [2.05, 4.69) is 126 Å². The second-order valence-corrected chi connectivity index (χ2v) is 19.9. The van der Waals surface area contributed by atoms with E-state index in [0.29, 0.717) is 0 Å². The summed E-state index contributed by atoms with van der Waals surface area (Å²) in [6, 6.07) is 19.9. The van der Waals surface area contributed by atoms with Crippen molar-refractivity contribution in [3.8, 4) is 45.6 Å². The highest BCUT2D eigenvalue weighted by Gasteiger charge is 2.36. The normalized spacial score (nSPS) is 14.3. The Labute approximate surface area is 306 Å². The Balaban J connectivity index is 1.81. The molecule has 0 aromatic heterocycles. The maximum atomic E-state index is 6.34. The summed E-state index contributed by atoms with van der Waals surface area (Å²) in [4.78, 5) is 0. The van der Waals surface area contributed by atoms with E-state index >= 15 is 0 Å². The number of methoxy groups -OCH3 is 2. The summed E-state index contributed by atoms with van der Waals surface area (Å²) in [6.45, 7) is 27.5. The van der Waals surface area contributed by atoms with E-state index in [9.17, 15) is 0 Å². The van der Waals surface area contributed by atoms with Crippen molar-refractivity contribution < 1.29 is 28.4 Å². The van der Waals surface area contributed by atoms with Crippen LogP contribution >= 0.6 is 7.92 Å². The summed E-state index contributed by atoms with van der Waals surface area (Å²) in [5, 5.41) is 3.61. The van der Waals surface area contributed by atoms with Crippen LogP contribution in [0, 0.1) is 0 Å². The van der Waals surface area contributed by atoms with Gasteiger partial charge in [0.15, 0.2) is 23.0 Å². The quantitative estimate of drug-likeness (QED) is 0.186. The average Bonchev–Trinajstić information content (AvgIpc) is 3.72. The lowest BCUT2D eigenvalue weighted by Gasteiger charge is -2.34. The molecule has 0 unspecified atom stereocenters. The molecular weight excluding hydrogens is 655 g/mol. The fraction of sp³-hybridized carbons (Fsp3) is 0.455. The standard InChI is InChI=1S/C44H55O6P/c1-41(2,3)29-20-26(21-30(38(29)45-13)42(4,5)6)51(27-22-31(43(7,8)9)39(46-14)32(23-27)44(10,11)12)35-19-18-34-40(50-25-48-34)36(35)28-16-15-17-33-37(28)49-24-47-33/h15-23H,24-25H2,1-14H3. The highest BCUT2D eigenvalue weighted by molar-refractivity contribution is 7.80. The van der Waals surface area contributed by atoms with Crippen LogP contribution in [0.5, 0.6) is 34.5 Å². The second kappa shape index (κ2) is 13.0. The fourth-order valence-electron chi connectivity index (χ4n) is 7.12. The molecule has 0 aliphatic carbocycles.